The second kappa shape index (κ2) is 7.60. The summed E-state index contributed by atoms with van der Waals surface area (Å²) in [5.74, 6) is 0.897. The Hall–Kier alpha value is -0.940. The Labute approximate surface area is 116 Å². The molecule has 0 aliphatic carbocycles. The van der Waals surface area contributed by atoms with Crippen LogP contribution in [0.1, 0.15) is 38.8 Å². The second-order valence-corrected chi connectivity index (χ2v) is 5.47. The van der Waals surface area contributed by atoms with Crippen molar-refractivity contribution in [2.75, 3.05) is 26.2 Å². The van der Waals surface area contributed by atoms with Gasteiger partial charge in [-0.15, -0.1) is 5.10 Å². The Morgan fingerprint density at radius 1 is 1.37 bits per heavy atom. The fraction of sp³-hybridized carbons (Fsp3) is 0.857. The molecule has 5 nitrogen and oxygen atoms in total. The lowest BCUT2D eigenvalue weighted by Gasteiger charge is -2.32. The first-order valence-electron chi connectivity index (χ1n) is 7.64. The van der Waals surface area contributed by atoms with Crippen molar-refractivity contribution in [1.29, 1.82) is 0 Å². The molecule has 0 bridgehead atoms. The maximum atomic E-state index is 4.19. The summed E-state index contributed by atoms with van der Waals surface area (Å²) in [6, 6.07) is 0. The SMILES string of the molecule is CCNCc1cn(CCN2CCCC(CC)C2)nn1. The standard InChI is InChI=1S/C14H27N5/c1-3-13-6-5-7-18(11-13)8-9-19-12-14(16-17-19)10-15-4-2/h12-13,15H,3-11H2,1-2H3. The van der Waals surface area contributed by atoms with Gasteiger partial charge in [-0.25, -0.2) is 0 Å². The monoisotopic (exact) mass is 265 g/mol. The molecule has 1 aromatic heterocycles. The number of nitrogens with one attached hydrogen (secondary N) is 1. The largest absolute Gasteiger partial charge is 0.311 e. The van der Waals surface area contributed by atoms with Gasteiger partial charge in [0.05, 0.1) is 12.2 Å². The van der Waals surface area contributed by atoms with Crippen LogP contribution in [0.5, 0.6) is 0 Å². The van der Waals surface area contributed by atoms with Crippen molar-refractivity contribution in [1.82, 2.24) is 25.2 Å². The lowest BCUT2D eigenvalue weighted by Crippen LogP contribution is -2.37. The van der Waals surface area contributed by atoms with Crippen LogP contribution in [0.25, 0.3) is 0 Å². The summed E-state index contributed by atoms with van der Waals surface area (Å²) < 4.78 is 1.97. The van der Waals surface area contributed by atoms with E-state index in [2.05, 4.69) is 40.6 Å². The molecule has 108 valence electrons. The van der Waals surface area contributed by atoms with Crippen LogP contribution in [0.15, 0.2) is 6.20 Å². The highest BCUT2D eigenvalue weighted by Gasteiger charge is 2.17. The molecular weight excluding hydrogens is 238 g/mol. The molecule has 1 N–H and O–H groups in total. The van der Waals surface area contributed by atoms with Crippen LogP contribution in [0.2, 0.25) is 0 Å². The molecule has 0 aromatic carbocycles. The first kappa shape index (κ1) is 14.5. The Kier molecular flexibility index (Phi) is 5.79. The van der Waals surface area contributed by atoms with Gasteiger partial charge in [-0.2, -0.15) is 0 Å². The van der Waals surface area contributed by atoms with Crippen molar-refractivity contribution in [2.24, 2.45) is 5.92 Å². The molecule has 1 fully saturated rings. The zero-order chi connectivity index (χ0) is 13.5. The summed E-state index contributed by atoms with van der Waals surface area (Å²) in [7, 11) is 0. The molecule has 1 aromatic rings. The van der Waals surface area contributed by atoms with E-state index >= 15 is 0 Å². The number of hydrogen-bond acceptors (Lipinski definition) is 4. The van der Waals surface area contributed by atoms with Gasteiger partial charge in [-0.05, 0) is 31.8 Å². The van der Waals surface area contributed by atoms with Gasteiger partial charge in [-0.1, -0.05) is 25.5 Å². The van der Waals surface area contributed by atoms with E-state index in [-0.39, 0.29) is 0 Å². The average molecular weight is 265 g/mol. The van der Waals surface area contributed by atoms with Gasteiger partial charge < -0.3 is 10.2 Å². The van der Waals surface area contributed by atoms with E-state index in [1.807, 2.05) is 4.68 Å². The van der Waals surface area contributed by atoms with Crippen LogP contribution in [0.4, 0.5) is 0 Å². The Morgan fingerprint density at radius 3 is 3.05 bits per heavy atom. The topological polar surface area (TPSA) is 46.0 Å². The predicted molar refractivity (Wildman–Crippen MR) is 76.9 cm³/mol. The Morgan fingerprint density at radius 2 is 2.26 bits per heavy atom. The number of nitrogens with zero attached hydrogens (tertiary/aromatic N) is 4. The predicted octanol–water partition coefficient (Wildman–Crippen LogP) is 1.51. The fourth-order valence-corrected chi connectivity index (χ4v) is 2.71. The van der Waals surface area contributed by atoms with Gasteiger partial charge in [0.2, 0.25) is 0 Å². The van der Waals surface area contributed by atoms with E-state index in [1.54, 1.807) is 0 Å². The van der Waals surface area contributed by atoms with Crippen LogP contribution >= 0.6 is 0 Å². The maximum Gasteiger partial charge on any atom is 0.0964 e. The van der Waals surface area contributed by atoms with Crippen LogP contribution < -0.4 is 5.32 Å². The van der Waals surface area contributed by atoms with Crippen LogP contribution in [-0.4, -0.2) is 46.1 Å². The molecule has 0 spiro atoms. The van der Waals surface area contributed by atoms with Crippen LogP contribution in [-0.2, 0) is 13.1 Å². The van der Waals surface area contributed by atoms with Crippen molar-refractivity contribution in [2.45, 2.75) is 46.2 Å². The number of likely N-dealkylation sites (tertiary alicyclic amines) is 1. The fourth-order valence-electron chi connectivity index (χ4n) is 2.71. The quantitative estimate of drug-likeness (QED) is 0.812. The van der Waals surface area contributed by atoms with E-state index in [0.717, 1.165) is 37.8 Å². The number of rotatable bonds is 7. The number of piperidine rings is 1. The highest BCUT2D eigenvalue weighted by atomic mass is 15.4. The van der Waals surface area contributed by atoms with Gasteiger partial charge in [0.1, 0.15) is 0 Å². The number of aromatic nitrogens is 3. The molecule has 2 heterocycles. The molecule has 0 amide bonds. The molecule has 5 heteroatoms. The Balaban J connectivity index is 1.73. The third kappa shape index (κ3) is 4.58. The summed E-state index contributed by atoms with van der Waals surface area (Å²) >= 11 is 0. The Bertz CT molecular complexity index is 362. The second-order valence-electron chi connectivity index (χ2n) is 5.47. The summed E-state index contributed by atoms with van der Waals surface area (Å²) in [5, 5.41) is 11.6. The van der Waals surface area contributed by atoms with Crippen molar-refractivity contribution >= 4 is 0 Å². The summed E-state index contributed by atoms with van der Waals surface area (Å²) in [4.78, 5) is 2.57. The van der Waals surface area contributed by atoms with Crippen molar-refractivity contribution in [3.05, 3.63) is 11.9 Å². The van der Waals surface area contributed by atoms with E-state index in [4.69, 9.17) is 0 Å². The molecule has 0 saturated carbocycles. The van der Waals surface area contributed by atoms with Gasteiger partial charge in [-0.3, -0.25) is 4.68 Å². The first-order chi connectivity index (χ1) is 9.31. The molecule has 1 aliphatic rings. The highest BCUT2D eigenvalue weighted by molar-refractivity contribution is 4.91. The maximum absolute atomic E-state index is 4.19. The van der Waals surface area contributed by atoms with Gasteiger partial charge >= 0.3 is 0 Å². The van der Waals surface area contributed by atoms with Crippen molar-refractivity contribution < 1.29 is 0 Å². The molecule has 1 atom stereocenters. The van der Waals surface area contributed by atoms with Crippen LogP contribution in [0, 0.1) is 5.92 Å². The van der Waals surface area contributed by atoms with Crippen LogP contribution in [0.3, 0.4) is 0 Å². The summed E-state index contributed by atoms with van der Waals surface area (Å²) in [6.07, 6.45) is 6.13. The summed E-state index contributed by atoms with van der Waals surface area (Å²) in [5.41, 5.74) is 1.03. The normalized spacial score (nSPS) is 20.8. The minimum absolute atomic E-state index is 0.818. The third-order valence-electron chi connectivity index (χ3n) is 3.97. The molecular formula is C14H27N5. The van der Waals surface area contributed by atoms with Crippen molar-refractivity contribution in [3.8, 4) is 0 Å². The molecule has 2 rings (SSSR count). The molecule has 19 heavy (non-hydrogen) atoms. The van der Waals surface area contributed by atoms with Gasteiger partial charge in [0.15, 0.2) is 0 Å². The van der Waals surface area contributed by atoms with E-state index < -0.39 is 0 Å². The summed E-state index contributed by atoms with van der Waals surface area (Å²) in [6.45, 7) is 10.8. The third-order valence-corrected chi connectivity index (χ3v) is 3.97. The average Bonchev–Trinajstić information content (AvgIpc) is 2.91. The lowest BCUT2D eigenvalue weighted by atomic mass is 9.96. The number of hydrogen-bond donors (Lipinski definition) is 1. The van der Waals surface area contributed by atoms with Crippen molar-refractivity contribution in [3.63, 3.8) is 0 Å². The van der Waals surface area contributed by atoms with E-state index in [9.17, 15) is 0 Å². The zero-order valence-electron chi connectivity index (χ0n) is 12.3. The minimum atomic E-state index is 0.818. The first-order valence-corrected chi connectivity index (χ1v) is 7.64. The van der Waals surface area contributed by atoms with Gasteiger partial charge in [0.25, 0.3) is 0 Å². The molecule has 1 saturated heterocycles. The zero-order valence-corrected chi connectivity index (χ0v) is 12.3. The molecule has 1 unspecified atom stereocenters. The lowest BCUT2D eigenvalue weighted by molar-refractivity contribution is 0.164. The minimum Gasteiger partial charge on any atom is -0.311 e. The van der Waals surface area contributed by atoms with E-state index in [1.165, 1.54) is 32.4 Å². The molecule has 1 aliphatic heterocycles. The van der Waals surface area contributed by atoms with Gasteiger partial charge in [0, 0.05) is 25.8 Å². The smallest absolute Gasteiger partial charge is 0.0964 e. The molecule has 0 radical (unpaired) electrons. The van der Waals surface area contributed by atoms with E-state index in [0.29, 0.717) is 0 Å². The highest BCUT2D eigenvalue weighted by Crippen LogP contribution is 2.18.